The van der Waals surface area contributed by atoms with Crippen LogP contribution in [-0.4, -0.2) is 30.5 Å². The highest BCUT2D eigenvalue weighted by Gasteiger charge is 2.15. The Kier molecular flexibility index (Phi) is 6.08. The van der Waals surface area contributed by atoms with Gasteiger partial charge in [0.1, 0.15) is 10.2 Å². The molecule has 0 saturated heterocycles. The monoisotopic (exact) mass is 397 g/mol. The normalized spacial score (nSPS) is 10.6. The Morgan fingerprint density at radius 1 is 1.25 bits per heavy atom. The molecule has 2 rings (SSSR count). The standard InChI is InChI=1S/C16H20BrN3O4/c1-9(2)24-16-14(13(17)15(21)19-20-16)18-8-10-5-6-11(22-3)12(7-10)23-4/h5-7,9H,8H2,1-4H3,(H2,18,19,21). The number of hydrogen-bond donors (Lipinski definition) is 2. The number of H-pyrrole nitrogens is 1. The maximum absolute atomic E-state index is 11.8. The summed E-state index contributed by atoms with van der Waals surface area (Å²) in [7, 11) is 3.17. The van der Waals surface area contributed by atoms with Gasteiger partial charge in [-0.3, -0.25) is 4.79 Å². The first-order valence-corrected chi connectivity index (χ1v) is 8.15. The van der Waals surface area contributed by atoms with Crippen LogP contribution in [0.5, 0.6) is 17.4 Å². The first-order valence-electron chi connectivity index (χ1n) is 7.35. The van der Waals surface area contributed by atoms with Gasteiger partial charge in [-0.25, -0.2) is 5.10 Å². The number of rotatable bonds is 7. The Morgan fingerprint density at radius 2 is 1.96 bits per heavy atom. The van der Waals surface area contributed by atoms with Gasteiger partial charge in [0.25, 0.3) is 11.4 Å². The zero-order chi connectivity index (χ0) is 17.7. The lowest BCUT2D eigenvalue weighted by Gasteiger charge is -2.15. The van der Waals surface area contributed by atoms with Crippen LogP contribution < -0.4 is 25.1 Å². The molecule has 0 unspecified atom stereocenters. The molecule has 0 amide bonds. The van der Waals surface area contributed by atoms with E-state index < -0.39 is 0 Å². The lowest BCUT2D eigenvalue weighted by Crippen LogP contribution is -2.17. The second-order valence-corrected chi connectivity index (χ2v) is 6.05. The van der Waals surface area contributed by atoms with Crippen LogP contribution in [-0.2, 0) is 6.54 Å². The molecule has 0 bridgehead atoms. The van der Waals surface area contributed by atoms with Gasteiger partial charge in [-0.05, 0) is 47.5 Å². The molecule has 24 heavy (non-hydrogen) atoms. The Bertz CT molecular complexity index is 761. The molecule has 7 nitrogen and oxygen atoms in total. The highest BCUT2D eigenvalue weighted by Crippen LogP contribution is 2.30. The fraction of sp³-hybridized carbons (Fsp3) is 0.375. The van der Waals surface area contributed by atoms with Crippen LogP contribution >= 0.6 is 15.9 Å². The van der Waals surface area contributed by atoms with Gasteiger partial charge in [0.05, 0.1) is 20.3 Å². The van der Waals surface area contributed by atoms with Gasteiger partial charge in [0, 0.05) is 6.54 Å². The molecule has 2 N–H and O–H groups in total. The van der Waals surface area contributed by atoms with Gasteiger partial charge >= 0.3 is 0 Å². The van der Waals surface area contributed by atoms with Crippen molar-refractivity contribution < 1.29 is 14.2 Å². The number of halogens is 1. The van der Waals surface area contributed by atoms with Crippen LogP contribution in [0.15, 0.2) is 27.5 Å². The summed E-state index contributed by atoms with van der Waals surface area (Å²) in [6.07, 6.45) is -0.0723. The predicted octanol–water partition coefficient (Wildman–Crippen LogP) is 2.95. The zero-order valence-electron chi connectivity index (χ0n) is 14.0. The van der Waals surface area contributed by atoms with Crippen molar-refractivity contribution in [3.05, 3.63) is 38.6 Å². The summed E-state index contributed by atoms with van der Waals surface area (Å²) in [6, 6.07) is 5.60. The predicted molar refractivity (Wildman–Crippen MR) is 95.2 cm³/mol. The van der Waals surface area contributed by atoms with E-state index in [1.165, 1.54) is 0 Å². The van der Waals surface area contributed by atoms with E-state index >= 15 is 0 Å². The van der Waals surface area contributed by atoms with Crippen molar-refractivity contribution in [3.8, 4) is 17.4 Å². The summed E-state index contributed by atoms with van der Waals surface area (Å²) < 4.78 is 16.5. The Balaban J connectivity index is 2.25. The second-order valence-electron chi connectivity index (χ2n) is 5.26. The van der Waals surface area contributed by atoms with E-state index in [1.54, 1.807) is 14.2 Å². The quantitative estimate of drug-likeness (QED) is 0.746. The summed E-state index contributed by atoms with van der Waals surface area (Å²) in [4.78, 5) is 11.8. The smallest absolute Gasteiger partial charge is 0.280 e. The Labute approximate surface area is 148 Å². The Hall–Kier alpha value is -2.22. The number of aromatic amines is 1. The third kappa shape index (κ3) is 4.19. The lowest BCUT2D eigenvalue weighted by atomic mass is 10.2. The second kappa shape index (κ2) is 8.05. The van der Waals surface area contributed by atoms with Gasteiger partial charge in [-0.1, -0.05) is 6.07 Å². The number of nitrogens with zero attached hydrogens (tertiary/aromatic N) is 1. The molecule has 0 fully saturated rings. The molecule has 0 aliphatic heterocycles. The van der Waals surface area contributed by atoms with Gasteiger partial charge in [0.15, 0.2) is 11.5 Å². The molecule has 0 atom stereocenters. The van der Waals surface area contributed by atoms with E-state index in [1.807, 2.05) is 32.0 Å². The minimum Gasteiger partial charge on any atom is -0.493 e. The molecular formula is C16H20BrN3O4. The van der Waals surface area contributed by atoms with Crippen LogP contribution in [0.3, 0.4) is 0 Å². The van der Waals surface area contributed by atoms with Crippen LogP contribution in [0, 0.1) is 0 Å². The van der Waals surface area contributed by atoms with Crippen molar-refractivity contribution in [1.82, 2.24) is 10.2 Å². The van der Waals surface area contributed by atoms with Crippen LogP contribution in [0.25, 0.3) is 0 Å². The third-order valence-electron chi connectivity index (χ3n) is 3.16. The first kappa shape index (κ1) is 18.1. The lowest BCUT2D eigenvalue weighted by molar-refractivity contribution is 0.231. The van der Waals surface area contributed by atoms with Gasteiger partial charge in [0.2, 0.25) is 0 Å². The van der Waals surface area contributed by atoms with Crippen LogP contribution in [0.2, 0.25) is 0 Å². The molecule has 0 aliphatic rings. The minimum atomic E-state index is -0.332. The molecule has 1 aromatic heterocycles. The summed E-state index contributed by atoms with van der Waals surface area (Å²) in [6.45, 7) is 4.23. The van der Waals surface area contributed by atoms with E-state index in [-0.39, 0.29) is 11.7 Å². The zero-order valence-corrected chi connectivity index (χ0v) is 15.6. The largest absolute Gasteiger partial charge is 0.493 e. The van der Waals surface area contributed by atoms with Crippen molar-refractivity contribution in [2.24, 2.45) is 0 Å². The molecule has 0 saturated carbocycles. The molecular weight excluding hydrogens is 378 g/mol. The number of anilines is 1. The Morgan fingerprint density at radius 3 is 2.58 bits per heavy atom. The molecule has 130 valence electrons. The van der Waals surface area contributed by atoms with Crippen LogP contribution in [0.1, 0.15) is 19.4 Å². The summed E-state index contributed by atoms with van der Waals surface area (Å²) in [5.74, 6) is 1.62. The van der Waals surface area contributed by atoms with Gasteiger partial charge in [-0.2, -0.15) is 0 Å². The molecule has 0 radical (unpaired) electrons. The molecule has 0 aliphatic carbocycles. The van der Waals surface area contributed by atoms with Crippen molar-refractivity contribution in [2.75, 3.05) is 19.5 Å². The average Bonchev–Trinajstić information content (AvgIpc) is 2.57. The molecule has 2 aromatic rings. The summed E-state index contributed by atoms with van der Waals surface area (Å²) in [5.41, 5.74) is 1.12. The number of hydrogen-bond acceptors (Lipinski definition) is 6. The molecule has 1 heterocycles. The highest BCUT2D eigenvalue weighted by molar-refractivity contribution is 9.10. The van der Waals surface area contributed by atoms with Gasteiger partial charge < -0.3 is 19.5 Å². The highest BCUT2D eigenvalue weighted by atomic mass is 79.9. The number of ether oxygens (including phenoxy) is 3. The molecule has 0 spiro atoms. The van der Waals surface area contributed by atoms with Crippen molar-refractivity contribution in [3.63, 3.8) is 0 Å². The fourth-order valence-electron chi connectivity index (χ4n) is 2.06. The maximum Gasteiger partial charge on any atom is 0.280 e. The first-order chi connectivity index (χ1) is 11.5. The van der Waals surface area contributed by atoms with Crippen molar-refractivity contribution in [2.45, 2.75) is 26.5 Å². The fourth-order valence-corrected chi connectivity index (χ4v) is 2.46. The maximum atomic E-state index is 11.8. The average molecular weight is 398 g/mol. The SMILES string of the molecule is COc1ccc(CNc2c(OC(C)C)n[nH]c(=O)c2Br)cc1OC. The third-order valence-corrected chi connectivity index (χ3v) is 3.91. The number of nitrogens with one attached hydrogen (secondary N) is 2. The minimum absolute atomic E-state index is 0.0723. The number of benzene rings is 1. The van der Waals surface area contributed by atoms with E-state index in [9.17, 15) is 4.79 Å². The van der Waals surface area contributed by atoms with E-state index in [0.29, 0.717) is 34.1 Å². The molecule has 8 heteroatoms. The van der Waals surface area contributed by atoms with Crippen molar-refractivity contribution >= 4 is 21.6 Å². The summed E-state index contributed by atoms with van der Waals surface area (Å²) >= 11 is 3.27. The van der Waals surface area contributed by atoms with Gasteiger partial charge in [-0.15, -0.1) is 5.10 Å². The van der Waals surface area contributed by atoms with E-state index in [4.69, 9.17) is 14.2 Å². The summed E-state index contributed by atoms with van der Waals surface area (Å²) in [5, 5.41) is 9.53. The van der Waals surface area contributed by atoms with Crippen LogP contribution in [0.4, 0.5) is 5.69 Å². The molecule has 1 aromatic carbocycles. The number of methoxy groups -OCH3 is 2. The van der Waals surface area contributed by atoms with Crippen molar-refractivity contribution in [1.29, 1.82) is 0 Å². The number of aromatic nitrogens is 2. The topological polar surface area (TPSA) is 85.5 Å². The van der Waals surface area contributed by atoms with E-state index in [0.717, 1.165) is 5.56 Å². The van der Waals surface area contributed by atoms with E-state index in [2.05, 4.69) is 31.4 Å².